The van der Waals surface area contributed by atoms with Crippen molar-refractivity contribution in [1.82, 2.24) is 50.8 Å². The fourth-order valence-electron chi connectivity index (χ4n) is 6.79. The lowest BCUT2D eigenvalue weighted by Gasteiger charge is -2.14. The topological polar surface area (TPSA) is 297 Å². The van der Waals surface area contributed by atoms with Crippen LogP contribution >= 0.6 is 45.3 Å². The molecule has 0 bridgehead atoms. The number of anilines is 4. The molecule has 368 valence electrons. The first-order valence-corrected chi connectivity index (χ1v) is 26.0. The number of nitrogens with zero attached hydrogens (tertiary/aromatic N) is 10. The van der Waals surface area contributed by atoms with Crippen LogP contribution in [0.5, 0.6) is 0 Å². The van der Waals surface area contributed by atoms with Crippen LogP contribution < -0.4 is 21.3 Å². The van der Waals surface area contributed by atoms with Gasteiger partial charge in [0.2, 0.25) is 44.2 Å². The Morgan fingerprint density at radius 1 is 0.486 bits per heavy atom. The Morgan fingerprint density at radius 3 is 1.41 bits per heavy atom. The second kappa shape index (κ2) is 27.6. The molecule has 0 radical (unpaired) electrons. The Hall–Kier alpha value is -6.57. The minimum absolute atomic E-state index is 0.00550. The number of pyridine rings is 2. The maximum Gasteiger partial charge on any atom is 0.232 e. The van der Waals surface area contributed by atoms with E-state index in [-0.39, 0.29) is 73.1 Å². The first kappa shape index (κ1) is 52.8. The molecule has 0 aliphatic carbocycles. The number of amides is 4. The van der Waals surface area contributed by atoms with Crippen LogP contribution in [0, 0.1) is 0 Å². The van der Waals surface area contributed by atoms with E-state index >= 15 is 0 Å². The van der Waals surface area contributed by atoms with Crippen molar-refractivity contribution in [1.29, 1.82) is 0 Å². The monoisotopic (exact) mass is 1030 g/mol. The van der Waals surface area contributed by atoms with Crippen molar-refractivity contribution in [3.8, 4) is 0 Å². The average Bonchev–Trinajstić information content (AvgIpc) is 4.17. The summed E-state index contributed by atoms with van der Waals surface area (Å²) in [4.78, 5) is 94.9. The van der Waals surface area contributed by atoms with Crippen molar-refractivity contribution in [2.24, 2.45) is 0 Å². The van der Waals surface area contributed by atoms with Gasteiger partial charge in [-0.05, 0) is 76.1 Å². The Kier molecular flexibility index (Phi) is 20.8. The molecular weight excluding hydrogens is 977 g/mol. The summed E-state index contributed by atoms with van der Waals surface area (Å²) in [6, 6.07) is 8.82. The van der Waals surface area contributed by atoms with Gasteiger partial charge in [-0.3, -0.25) is 38.7 Å². The maximum absolute atomic E-state index is 12.8. The summed E-state index contributed by atoms with van der Waals surface area (Å²) in [6.07, 6.45) is 10.8. The molecule has 0 spiro atoms. The van der Waals surface area contributed by atoms with E-state index in [1.807, 2.05) is 6.07 Å². The quantitative estimate of drug-likeness (QED) is 0.0349. The van der Waals surface area contributed by atoms with Crippen LogP contribution in [-0.2, 0) is 72.1 Å². The first-order valence-electron chi connectivity index (χ1n) is 22.7. The van der Waals surface area contributed by atoms with Crippen molar-refractivity contribution < 1.29 is 33.6 Å². The van der Waals surface area contributed by atoms with Crippen molar-refractivity contribution in [2.75, 3.05) is 21.3 Å². The van der Waals surface area contributed by atoms with Gasteiger partial charge in [0.05, 0.1) is 12.8 Å². The zero-order valence-corrected chi connectivity index (χ0v) is 41.9. The number of Topliss-reactive ketones (excluding diaryl/α,β-unsaturated/α-hetero) is 3. The number of carbonyl (C=O) groups is 7. The van der Waals surface area contributed by atoms with Crippen molar-refractivity contribution in [3.05, 3.63) is 79.7 Å². The third kappa shape index (κ3) is 18.7. The number of hydrogen-bond acceptors (Lipinski definition) is 21. The van der Waals surface area contributed by atoms with Gasteiger partial charge in [0.25, 0.3) is 0 Å². The molecule has 70 heavy (non-hydrogen) atoms. The summed E-state index contributed by atoms with van der Waals surface area (Å²) in [7, 11) is 0. The molecule has 0 aromatic carbocycles. The number of unbranched alkanes of at least 4 members (excludes halogenated alkanes) is 2. The van der Waals surface area contributed by atoms with Crippen LogP contribution in [0.3, 0.4) is 0 Å². The van der Waals surface area contributed by atoms with Gasteiger partial charge in [0, 0.05) is 87.5 Å². The highest BCUT2D eigenvalue weighted by molar-refractivity contribution is 7.16. The molecule has 0 aliphatic rings. The van der Waals surface area contributed by atoms with E-state index in [4.69, 9.17) is 0 Å². The van der Waals surface area contributed by atoms with Crippen LogP contribution in [0.4, 0.5) is 20.5 Å². The fraction of sp³-hybridized carbons (Fsp3) is 0.444. The predicted octanol–water partition coefficient (Wildman–Crippen LogP) is 6.51. The minimum Gasteiger partial charge on any atom is -0.301 e. The molecular formula is C45H52N14O7S4. The molecule has 0 saturated carbocycles. The maximum atomic E-state index is 12.8. The van der Waals surface area contributed by atoms with Gasteiger partial charge in [0.1, 0.15) is 37.4 Å². The lowest BCUT2D eigenvalue weighted by Crippen LogP contribution is -2.16. The highest BCUT2D eigenvalue weighted by atomic mass is 32.1. The van der Waals surface area contributed by atoms with Gasteiger partial charge in [0.15, 0.2) is 0 Å². The molecule has 0 saturated heterocycles. The zero-order chi connectivity index (χ0) is 49.7. The molecule has 6 aromatic rings. The van der Waals surface area contributed by atoms with Crippen LogP contribution in [0.15, 0.2) is 42.7 Å². The van der Waals surface area contributed by atoms with Gasteiger partial charge in [-0.15, -0.1) is 40.8 Å². The van der Waals surface area contributed by atoms with E-state index < -0.39 is 5.92 Å². The minimum atomic E-state index is -0.470. The molecule has 6 aromatic heterocycles. The number of aryl methyl sites for hydroxylation is 4. The van der Waals surface area contributed by atoms with Gasteiger partial charge in [-0.2, -0.15) is 0 Å². The number of nitrogens with one attached hydrogen (secondary N) is 4. The van der Waals surface area contributed by atoms with Gasteiger partial charge >= 0.3 is 0 Å². The molecule has 6 heterocycles. The summed E-state index contributed by atoms with van der Waals surface area (Å²) in [6.45, 7) is 3.04. The number of aromatic nitrogens is 10. The Morgan fingerprint density at radius 2 is 0.957 bits per heavy atom. The number of carbonyl (C=O) groups excluding carboxylic acids is 7. The van der Waals surface area contributed by atoms with E-state index in [0.29, 0.717) is 112 Å². The molecule has 25 heteroatoms. The van der Waals surface area contributed by atoms with Crippen molar-refractivity contribution in [2.45, 2.75) is 129 Å². The van der Waals surface area contributed by atoms with E-state index in [9.17, 15) is 33.6 Å². The average molecular weight is 1030 g/mol. The normalized spacial score (nSPS) is 11.5. The highest BCUT2D eigenvalue weighted by Crippen LogP contribution is 2.25. The lowest BCUT2D eigenvalue weighted by atomic mass is 9.91. The number of hydrogen-bond donors (Lipinski definition) is 4. The standard InChI is InChI=1S/C45H52N14O7S4/c1-27(60)10-3-4-13-34(63)48-42-56-52-38(67-42)15-5-6-16-39-53-57-43(68-39)49-35(64)14-9-12-33(28(2)61)29-17-18-31(47-26-29)25-37(66)51-45-59-55-41(70-45)22-20-32(62)19-21-40-54-58-44(69-40)50-36(65)24-30-11-7-8-23-46-30/h7-8,11,17-18,23,26,33H,3-6,9-10,12-16,19-22,24-25H2,1-2H3,(H,48,56,63)(H,49,57,64)(H,50,58,65)(H,51,59,66). The Balaban J connectivity index is 0.827. The Labute approximate surface area is 419 Å². The third-order valence-corrected chi connectivity index (χ3v) is 13.9. The molecule has 0 fully saturated rings. The second-order valence-electron chi connectivity index (χ2n) is 16.2. The van der Waals surface area contributed by atoms with Crippen molar-refractivity contribution >= 4 is 107 Å². The molecule has 6 rings (SSSR count). The largest absolute Gasteiger partial charge is 0.301 e. The van der Waals surface area contributed by atoms with Crippen LogP contribution in [0.25, 0.3) is 0 Å². The number of ketones is 3. The van der Waals surface area contributed by atoms with Crippen LogP contribution in [0.1, 0.15) is 127 Å². The second-order valence-corrected chi connectivity index (χ2v) is 20.4. The molecule has 1 atom stereocenters. The highest BCUT2D eigenvalue weighted by Gasteiger charge is 2.20. The SMILES string of the molecule is CC(=O)CCCCC(=O)Nc1nnc(CCCCc2nnc(NC(=O)CCCC(C(C)=O)c3ccc(CC(=O)Nc4nnc(CCC(=O)CCc5nnc(NC(=O)Cc6ccccn6)s5)s4)nc3)s2)s1. The van der Waals surface area contributed by atoms with Gasteiger partial charge < -0.3 is 26.1 Å². The molecule has 4 N–H and O–H groups in total. The summed E-state index contributed by atoms with van der Waals surface area (Å²) in [5.74, 6) is -1.38. The smallest absolute Gasteiger partial charge is 0.232 e. The molecule has 0 aliphatic heterocycles. The summed E-state index contributed by atoms with van der Waals surface area (Å²) >= 11 is 5.06. The summed E-state index contributed by atoms with van der Waals surface area (Å²) in [5.41, 5.74) is 1.82. The summed E-state index contributed by atoms with van der Waals surface area (Å²) < 4.78 is 0. The van der Waals surface area contributed by atoms with Crippen LogP contribution in [-0.4, -0.2) is 91.7 Å². The van der Waals surface area contributed by atoms with E-state index in [2.05, 4.69) is 72.0 Å². The third-order valence-electron chi connectivity index (χ3n) is 10.3. The van der Waals surface area contributed by atoms with Gasteiger partial charge in [-0.25, -0.2) is 0 Å². The fourth-order valence-corrected chi connectivity index (χ4v) is 9.90. The molecule has 1 unspecified atom stereocenters. The lowest BCUT2D eigenvalue weighted by molar-refractivity contribution is -0.119. The first-order chi connectivity index (χ1) is 33.8. The predicted molar refractivity (Wildman–Crippen MR) is 265 cm³/mol. The van der Waals surface area contributed by atoms with E-state index in [1.165, 1.54) is 52.3 Å². The van der Waals surface area contributed by atoms with E-state index in [1.54, 1.807) is 43.6 Å². The van der Waals surface area contributed by atoms with Gasteiger partial charge in [-0.1, -0.05) is 57.5 Å². The van der Waals surface area contributed by atoms with Crippen LogP contribution in [0.2, 0.25) is 0 Å². The van der Waals surface area contributed by atoms with E-state index in [0.717, 1.165) is 22.9 Å². The summed E-state index contributed by atoms with van der Waals surface area (Å²) in [5, 5.41) is 48.2. The Bertz CT molecular complexity index is 2710. The van der Waals surface area contributed by atoms with Crippen molar-refractivity contribution in [3.63, 3.8) is 0 Å². The number of rotatable bonds is 30. The molecule has 4 amide bonds. The zero-order valence-electron chi connectivity index (χ0n) is 38.6. The molecule has 21 nitrogen and oxygen atoms in total.